The average Bonchev–Trinajstić information content (AvgIpc) is 2.18. The molecule has 76 valence electrons. The molecule has 0 aromatic carbocycles. The SMILES string of the molecule is NC[C@@]1(O)CC[C@@H]2CCCCC2C1. The molecule has 0 spiro atoms. The van der Waals surface area contributed by atoms with Crippen molar-refractivity contribution in [3.8, 4) is 0 Å². The van der Waals surface area contributed by atoms with E-state index in [9.17, 15) is 5.11 Å². The van der Waals surface area contributed by atoms with Crippen LogP contribution in [0.1, 0.15) is 44.9 Å². The highest BCUT2D eigenvalue weighted by molar-refractivity contribution is 4.92. The van der Waals surface area contributed by atoms with E-state index >= 15 is 0 Å². The Balaban J connectivity index is 1.98. The summed E-state index contributed by atoms with van der Waals surface area (Å²) in [4.78, 5) is 0. The molecular formula is C11H21NO. The minimum absolute atomic E-state index is 0.455. The van der Waals surface area contributed by atoms with Gasteiger partial charge in [0.2, 0.25) is 0 Å². The fourth-order valence-electron chi connectivity index (χ4n) is 3.16. The number of aliphatic hydroxyl groups is 1. The van der Waals surface area contributed by atoms with Crippen LogP contribution < -0.4 is 5.73 Å². The highest BCUT2D eigenvalue weighted by atomic mass is 16.3. The highest BCUT2D eigenvalue weighted by Crippen LogP contribution is 2.43. The molecule has 0 bridgehead atoms. The number of hydrogen-bond acceptors (Lipinski definition) is 2. The van der Waals surface area contributed by atoms with Crippen molar-refractivity contribution in [2.75, 3.05) is 6.54 Å². The first kappa shape index (κ1) is 9.47. The molecule has 3 atom stereocenters. The van der Waals surface area contributed by atoms with E-state index in [0.29, 0.717) is 6.54 Å². The van der Waals surface area contributed by atoms with Crippen molar-refractivity contribution in [1.82, 2.24) is 0 Å². The molecule has 2 heteroatoms. The Kier molecular flexibility index (Phi) is 2.61. The highest BCUT2D eigenvalue weighted by Gasteiger charge is 2.39. The van der Waals surface area contributed by atoms with E-state index in [1.165, 1.54) is 32.1 Å². The van der Waals surface area contributed by atoms with Gasteiger partial charge in [-0.25, -0.2) is 0 Å². The molecule has 0 aromatic heterocycles. The third-order valence-corrected chi connectivity index (χ3v) is 4.07. The summed E-state index contributed by atoms with van der Waals surface area (Å²) in [6.07, 6.45) is 8.60. The molecule has 2 aliphatic carbocycles. The third kappa shape index (κ3) is 1.89. The molecule has 0 radical (unpaired) electrons. The Labute approximate surface area is 80.5 Å². The Morgan fingerprint density at radius 1 is 1.15 bits per heavy atom. The van der Waals surface area contributed by atoms with Crippen molar-refractivity contribution < 1.29 is 5.11 Å². The Hall–Kier alpha value is -0.0800. The van der Waals surface area contributed by atoms with Gasteiger partial charge in [0, 0.05) is 6.54 Å². The van der Waals surface area contributed by atoms with Gasteiger partial charge in [-0.3, -0.25) is 0 Å². The maximum Gasteiger partial charge on any atom is 0.0772 e. The third-order valence-electron chi connectivity index (χ3n) is 4.07. The quantitative estimate of drug-likeness (QED) is 0.649. The van der Waals surface area contributed by atoms with Crippen LogP contribution in [0.15, 0.2) is 0 Å². The first-order chi connectivity index (χ1) is 6.23. The van der Waals surface area contributed by atoms with E-state index in [-0.39, 0.29) is 0 Å². The van der Waals surface area contributed by atoms with Crippen molar-refractivity contribution in [1.29, 1.82) is 0 Å². The Bertz CT molecular complexity index is 183. The minimum Gasteiger partial charge on any atom is -0.389 e. The summed E-state index contributed by atoms with van der Waals surface area (Å²) in [5.74, 6) is 1.68. The van der Waals surface area contributed by atoms with E-state index in [1.54, 1.807) is 0 Å². The molecule has 2 aliphatic rings. The molecule has 13 heavy (non-hydrogen) atoms. The predicted molar refractivity (Wildman–Crippen MR) is 53.3 cm³/mol. The zero-order valence-corrected chi connectivity index (χ0v) is 8.34. The van der Waals surface area contributed by atoms with Gasteiger partial charge in [-0.1, -0.05) is 25.7 Å². The fraction of sp³-hybridized carbons (Fsp3) is 1.00. The number of hydrogen-bond donors (Lipinski definition) is 2. The summed E-state index contributed by atoms with van der Waals surface area (Å²) >= 11 is 0. The first-order valence-electron chi connectivity index (χ1n) is 5.66. The summed E-state index contributed by atoms with van der Waals surface area (Å²) in [6.45, 7) is 0.455. The second-order valence-electron chi connectivity index (χ2n) is 4.98. The molecule has 0 heterocycles. The van der Waals surface area contributed by atoms with E-state index < -0.39 is 5.60 Å². The molecule has 2 fully saturated rings. The summed E-state index contributed by atoms with van der Waals surface area (Å²) in [6, 6.07) is 0. The molecule has 0 aliphatic heterocycles. The summed E-state index contributed by atoms with van der Waals surface area (Å²) in [5.41, 5.74) is 5.09. The van der Waals surface area contributed by atoms with Crippen LogP contribution in [-0.2, 0) is 0 Å². The predicted octanol–water partition coefficient (Wildman–Crippen LogP) is 1.67. The van der Waals surface area contributed by atoms with Gasteiger partial charge in [0.15, 0.2) is 0 Å². The van der Waals surface area contributed by atoms with Gasteiger partial charge in [0.1, 0.15) is 0 Å². The van der Waals surface area contributed by atoms with Crippen molar-refractivity contribution in [3.05, 3.63) is 0 Å². The van der Waals surface area contributed by atoms with Crippen LogP contribution in [-0.4, -0.2) is 17.3 Å². The average molecular weight is 183 g/mol. The van der Waals surface area contributed by atoms with Crippen LogP contribution in [0, 0.1) is 11.8 Å². The smallest absolute Gasteiger partial charge is 0.0772 e. The van der Waals surface area contributed by atoms with Crippen molar-refractivity contribution in [3.63, 3.8) is 0 Å². The van der Waals surface area contributed by atoms with Gasteiger partial charge in [-0.15, -0.1) is 0 Å². The van der Waals surface area contributed by atoms with E-state index in [4.69, 9.17) is 5.73 Å². The lowest BCUT2D eigenvalue weighted by molar-refractivity contribution is -0.0378. The van der Waals surface area contributed by atoms with Crippen molar-refractivity contribution in [2.24, 2.45) is 17.6 Å². The van der Waals surface area contributed by atoms with Crippen LogP contribution in [0.3, 0.4) is 0 Å². The zero-order chi connectivity index (χ0) is 9.31. The normalized spacial score (nSPS) is 45.7. The zero-order valence-electron chi connectivity index (χ0n) is 8.34. The molecule has 0 amide bonds. The summed E-state index contributed by atoms with van der Waals surface area (Å²) < 4.78 is 0. The second-order valence-corrected chi connectivity index (χ2v) is 4.98. The van der Waals surface area contributed by atoms with Crippen LogP contribution in [0.25, 0.3) is 0 Å². The largest absolute Gasteiger partial charge is 0.389 e. The van der Waals surface area contributed by atoms with Gasteiger partial charge >= 0.3 is 0 Å². The lowest BCUT2D eigenvalue weighted by atomic mass is 9.66. The van der Waals surface area contributed by atoms with E-state index in [0.717, 1.165) is 24.7 Å². The van der Waals surface area contributed by atoms with Crippen molar-refractivity contribution >= 4 is 0 Å². The molecule has 1 unspecified atom stereocenters. The molecule has 0 aromatic rings. The monoisotopic (exact) mass is 183 g/mol. The molecule has 0 saturated heterocycles. The van der Waals surface area contributed by atoms with Crippen molar-refractivity contribution in [2.45, 2.75) is 50.5 Å². The molecule has 2 rings (SSSR count). The number of fused-ring (bicyclic) bond motifs is 1. The summed E-state index contributed by atoms with van der Waals surface area (Å²) in [7, 11) is 0. The second kappa shape index (κ2) is 3.58. The Morgan fingerprint density at radius 2 is 1.85 bits per heavy atom. The van der Waals surface area contributed by atoms with Gasteiger partial charge in [-0.2, -0.15) is 0 Å². The van der Waals surface area contributed by atoms with Gasteiger partial charge < -0.3 is 10.8 Å². The molecular weight excluding hydrogens is 162 g/mol. The fourth-order valence-corrected chi connectivity index (χ4v) is 3.16. The van der Waals surface area contributed by atoms with Gasteiger partial charge in [-0.05, 0) is 31.1 Å². The van der Waals surface area contributed by atoms with E-state index in [1.807, 2.05) is 0 Å². The standard InChI is InChI=1S/C11H21NO/c12-8-11(13)6-5-9-3-1-2-4-10(9)7-11/h9-10,13H,1-8,12H2/t9-,10?,11+/m0/s1. The van der Waals surface area contributed by atoms with Crippen LogP contribution >= 0.6 is 0 Å². The lowest BCUT2D eigenvalue weighted by Gasteiger charge is -2.43. The minimum atomic E-state index is -0.515. The van der Waals surface area contributed by atoms with Crippen LogP contribution in [0.2, 0.25) is 0 Å². The maximum atomic E-state index is 10.1. The number of rotatable bonds is 1. The van der Waals surface area contributed by atoms with Gasteiger partial charge in [0.05, 0.1) is 5.60 Å². The maximum absolute atomic E-state index is 10.1. The van der Waals surface area contributed by atoms with Crippen LogP contribution in [0.5, 0.6) is 0 Å². The Morgan fingerprint density at radius 3 is 2.54 bits per heavy atom. The van der Waals surface area contributed by atoms with E-state index in [2.05, 4.69) is 0 Å². The molecule has 3 N–H and O–H groups in total. The summed E-state index contributed by atoms with van der Waals surface area (Å²) in [5, 5.41) is 10.1. The molecule has 2 saturated carbocycles. The number of nitrogens with two attached hydrogens (primary N) is 1. The van der Waals surface area contributed by atoms with Crippen LogP contribution in [0.4, 0.5) is 0 Å². The first-order valence-corrected chi connectivity index (χ1v) is 5.66. The van der Waals surface area contributed by atoms with Gasteiger partial charge in [0.25, 0.3) is 0 Å². The molecule has 2 nitrogen and oxygen atoms in total. The topological polar surface area (TPSA) is 46.2 Å². The lowest BCUT2D eigenvalue weighted by Crippen LogP contribution is -2.45.